The second kappa shape index (κ2) is 48.9. The molecule has 8 nitrogen and oxygen atoms in total. The van der Waals surface area contributed by atoms with Crippen molar-refractivity contribution in [3.8, 4) is 0 Å². The van der Waals surface area contributed by atoms with Gasteiger partial charge in [0.25, 0.3) is 0 Å². The van der Waals surface area contributed by atoms with E-state index in [1.807, 2.05) is 0 Å². The molecule has 0 fully saturated rings. The normalized spacial score (nSPS) is 13.6. The van der Waals surface area contributed by atoms with Gasteiger partial charge in [0, 0.05) is 61.9 Å². The maximum absolute atomic E-state index is 13.3. The van der Waals surface area contributed by atoms with Crippen LogP contribution in [0.25, 0.3) is 0 Å². The summed E-state index contributed by atoms with van der Waals surface area (Å²) >= 11 is 2.52. The Morgan fingerprint density at radius 3 is 0.771 bits per heavy atom. The number of rotatable bonds is 52. The quantitative estimate of drug-likeness (QED) is 0.0469. The zero-order valence-corrected chi connectivity index (χ0v) is 47.7. The first-order valence-electron chi connectivity index (χ1n) is 29.7. The fraction of sp³-hybridized carbons (Fsp3) is 0.867. The standard InChI is InChI=1S/C60H112N2O6S2/c1-5-9-13-17-21-25-29-33-37-55(63)49-61(50-56(64)38-34-30-26-22-18-14-10-6-2)45-47-69-59(67)53-41-43-54(44-42-53)60(68)70-48-46-62(51-57(65)39-35-31-27-23-19-15-11-7-3)52-58(66)40-36-32-28-24-20-16-12-8-4/h41-44,55-58,63-66H,5-40,45-52H2,1-4H3. The number of aliphatic hydroxyl groups is 4. The summed E-state index contributed by atoms with van der Waals surface area (Å²) in [5, 5.41) is 44.0. The number of aliphatic hydroxyl groups excluding tert-OH is 4. The summed E-state index contributed by atoms with van der Waals surface area (Å²) in [6.45, 7) is 12.2. The molecule has 0 saturated heterocycles. The molecule has 0 aromatic heterocycles. The number of hydrogen-bond donors (Lipinski definition) is 4. The molecular formula is C60H112N2O6S2. The van der Waals surface area contributed by atoms with Crippen molar-refractivity contribution >= 4 is 33.8 Å². The molecule has 0 aliphatic heterocycles. The molecule has 0 aliphatic carbocycles. The van der Waals surface area contributed by atoms with E-state index >= 15 is 0 Å². The zero-order chi connectivity index (χ0) is 51.1. The topological polar surface area (TPSA) is 122 Å². The summed E-state index contributed by atoms with van der Waals surface area (Å²) in [6.07, 6.45) is 40.7. The third-order valence-electron chi connectivity index (χ3n) is 14.1. The van der Waals surface area contributed by atoms with Crippen LogP contribution in [-0.4, -0.2) is 116 Å². The summed E-state index contributed by atoms with van der Waals surface area (Å²) in [5.74, 6) is 1.12. The Morgan fingerprint density at radius 2 is 0.557 bits per heavy atom. The van der Waals surface area contributed by atoms with Gasteiger partial charge >= 0.3 is 0 Å². The van der Waals surface area contributed by atoms with Crippen molar-refractivity contribution in [2.45, 2.75) is 283 Å². The minimum atomic E-state index is -0.450. The molecule has 10 heteroatoms. The number of carbonyl (C=O) groups is 2. The molecule has 0 aliphatic rings. The molecule has 4 N–H and O–H groups in total. The molecule has 0 amide bonds. The minimum absolute atomic E-state index is 0.0442. The monoisotopic (exact) mass is 1020 g/mol. The average Bonchev–Trinajstić information content (AvgIpc) is 3.34. The lowest BCUT2D eigenvalue weighted by Gasteiger charge is -2.27. The Hall–Kier alpha value is -0.980. The van der Waals surface area contributed by atoms with Gasteiger partial charge in [-0.3, -0.25) is 19.4 Å². The van der Waals surface area contributed by atoms with Gasteiger partial charge in [-0.15, -0.1) is 0 Å². The summed E-state index contributed by atoms with van der Waals surface area (Å²) in [5.41, 5.74) is 1.12. The van der Waals surface area contributed by atoms with Crippen molar-refractivity contribution in [3.63, 3.8) is 0 Å². The minimum Gasteiger partial charge on any atom is -0.392 e. The van der Waals surface area contributed by atoms with Crippen LogP contribution in [0.1, 0.15) is 280 Å². The first kappa shape index (κ1) is 67.0. The van der Waals surface area contributed by atoms with Crippen LogP contribution in [-0.2, 0) is 0 Å². The van der Waals surface area contributed by atoms with Gasteiger partial charge in [0.1, 0.15) is 0 Å². The van der Waals surface area contributed by atoms with Crippen LogP contribution < -0.4 is 0 Å². The number of benzene rings is 1. The highest BCUT2D eigenvalue weighted by atomic mass is 32.2. The van der Waals surface area contributed by atoms with E-state index in [9.17, 15) is 30.0 Å². The van der Waals surface area contributed by atoms with Crippen molar-refractivity contribution in [2.24, 2.45) is 0 Å². The van der Waals surface area contributed by atoms with Crippen molar-refractivity contribution in [1.82, 2.24) is 9.80 Å². The van der Waals surface area contributed by atoms with Gasteiger partial charge in [-0.2, -0.15) is 0 Å². The third kappa shape index (κ3) is 40.4. The van der Waals surface area contributed by atoms with E-state index in [1.54, 1.807) is 24.3 Å². The Kier molecular flexibility index (Phi) is 46.9. The Balaban J connectivity index is 2.70. The highest BCUT2D eigenvalue weighted by molar-refractivity contribution is 8.14. The molecule has 1 aromatic rings. The summed E-state index contributed by atoms with van der Waals surface area (Å²) in [6, 6.07) is 6.99. The summed E-state index contributed by atoms with van der Waals surface area (Å²) < 4.78 is 0. The summed E-state index contributed by atoms with van der Waals surface area (Å²) in [7, 11) is 0. The third-order valence-corrected chi connectivity index (χ3v) is 15.8. The number of hydrogen-bond acceptors (Lipinski definition) is 10. The van der Waals surface area contributed by atoms with Gasteiger partial charge in [0.2, 0.25) is 10.2 Å². The fourth-order valence-corrected chi connectivity index (χ4v) is 11.2. The van der Waals surface area contributed by atoms with Gasteiger partial charge in [-0.25, -0.2) is 0 Å². The van der Waals surface area contributed by atoms with Gasteiger partial charge in [0.15, 0.2) is 0 Å². The molecule has 4 atom stereocenters. The lowest BCUT2D eigenvalue weighted by Crippen LogP contribution is -2.39. The molecule has 1 aromatic carbocycles. The van der Waals surface area contributed by atoms with E-state index in [0.29, 0.717) is 61.9 Å². The fourth-order valence-electron chi connectivity index (χ4n) is 9.57. The molecule has 0 bridgehead atoms. The van der Waals surface area contributed by atoms with E-state index in [0.717, 1.165) is 77.0 Å². The van der Waals surface area contributed by atoms with Crippen LogP contribution in [0.2, 0.25) is 0 Å². The second-order valence-electron chi connectivity index (χ2n) is 21.0. The predicted octanol–water partition coefficient (Wildman–Crippen LogP) is 15.6. The van der Waals surface area contributed by atoms with Crippen molar-refractivity contribution in [2.75, 3.05) is 50.8 Å². The van der Waals surface area contributed by atoms with E-state index in [-0.39, 0.29) is 10.2 Å². The van der Waals surface area contributed by atoms with Gasteiger partial charge in [0.05, 0.1) is 24.4 Å². The highest BCUT2D eigenvalue weighted by Crippen LogP contribution is 2.20. The molecule has 410 valence electrons. The van der Waals surface area contributed by atoms with Crippen LogP contribution in [0, 0.1) is 0 Å². The average molecular weight is 1020 g/mol. The molecule has 0 spiro atoms. The zero-order valence-electron chi connectivity index (χ0n) is 46.0. The van der Waals surface area contributed by atoms with E-state index in [1.165, 1.54) is 178 Å². The predicted molar refractivity (Wildman–Crippen MR) is 306 cm³/mol. The van der Waals surface area contributed by atoms with Crippen molar-refractivity contribution < 1.29 is 30.0 Å². The first-order chi connectivity index (χ1) is 34.1. The number of thioether (sulfide) groups is 2. The van der Waals surface area contributed by atoms with Gasteiger partial charge in [-0.1, -0.05) is 257 Å². The first-order valence-corrected chi connectivity index (χ1v) is 31.7. The number of carbonyl (C=O) groups excluding carboxylic acids is 2. The lowest BCUT2D eigenvalue weighted by molar-refractivity contribution is 0.0634. The Labute approximate surface area is 440 Å². The van der Waals surface area contributed by atoms with E-state index in [4.69, 9.17) is 0 Å². The van der Waals surface area contributed by atoms with Crippen LogP contribution >= 0.6 is 23.5 Å². The van der Waals surface area contributed by atoms with Crippen LogP contribution in [0.5, 0.6) is 0 Å². The maximum atomic E-state index is 13.3. The largest absolute Gasteiger partial charge is 0.392 e. The molecule has 0 heterocycles. The SMILES string of the molecule is CCCCCCCCCCC(O)CN(CCSC(=O)c1ccc(C(=O)SCCN(CC(O)CCCCCCCCCC)CC(O)CCCCCCCCCC)cc1)CC(O)CCCCCCCCCC. The maximum Gasteiger partial charge on any atom is 0.219 e. The van der Waals surface area contributed by atoms with Crippen LogP contribution in [0.3, 0.4) is 0 Å². The Morgan fingerprint density at radius 1 is 0.357 bits per heavy atom. The smallest absolute Gasteiger partial charge is 0.219 e. The van der Waals surface area contributed by atoms with Gasteiger partial charge < -0.3 is 20.4 Å². The molecular weight excluding hydrogens is 909 g/mol. The van der Waals surface area contributed by atoms with Crippen molar-refractivity contribution in [3.05, 3.63) is 35.4 Å². The molecule has 0 saturated carbocycles. The number of nitrogens with zero attached hydrogens (tertiary/aromatic N) is 2. The summed E-state index contributed by atoms with van der Waals surface area (Å²) in [4.78, 5) is 31.0. The van der Waals surface area contributed by atoms with Gasteiger partial charge in [-0.05, 0) is 49.9 Å². The molecule has 70 heavy (non-hydrogen) atoms. The Bertz CT molecular complexity index is 1150. The van der Waals surface area contributed by atoms with E-state index in [2.05, 4.69) is 37.5 Å². The number of unbranched alkanes of at least 4 members (excludes halogenated alkanes) is 28. The highest BCUT2D eigenvalue weighted by Gasteiger charge is 2.19. The lowest BCUT2D eigenvalue weighted by atomic mass is 10.0. The van der Waals surface area contributed by atoms with Crippen LogP contribution in [0.15, 0.2) is 24.3 Å². The van der Waals surface area contributed by atoms with Crippen molar-refractivity contribution in [1.29, 1.82) is 0 Å². The molecule has 1 rings (SSSR count). The second-order valence-corrected chi connectivity index (χ2v) is 23.2. The molecule has 0 radical (unpaired) electrons. The van der Waals surface area contributed by atoms with E-state index < -0.39 is 24.4 Å². The van der Waals surface area contributed by atoms with Crippen LogP contribution in [0.4, 0.5) is 0 Å². The molecule has 4 unspecified atom stereocenters.